The summed E-state index contributed by atoms with van der Waals surface area (Å²) in [5, 5.41) is 0. The van der Waals surface area contributed by atoms with Crippen LogP contribution in [0.3, 0.4) is 0 Å². The Hall–Kier alpha value is -3.40. The molecule has 4 heteroatoms. The van der Waals surface area contributed by atoms with E-state index in [-0.39, 0.29) is 24.5 Å². The van der Waals surface area contributed by atoms with Gasteiger partial charge in [0.15, 0.2) is 0 Å². The number of ether oxygens (including phenoxy) is 2. The highest BCUT2D eigenvalue weighted by molar-refractivity contribution is 5.89. The molecule has 0 spiro atoms. The molecule has 0 unspecified atom stereocenters. The Balaban J connectivity index is 1.73. The zero-order chi connectivity index (χ0) is 22.3. The van der Waals surface area contributed by atoms with Gasteiger partial charge < -0.3 is 9.47 Å². The summed E-state index contributed by atoms with van der Waals surface area (Å²) in [5.74, 6) is -1.06. The maximum atomic E-state index is 12.4. The Kier molecular flexibility index (Phi) is 7.24. The molecular weight excluding hydrogens is 388 g/mol. The van der Waals surface area contributed by atoms with E-state index in [9.17, 15) is 9.59 Å². The SMILES string of the molecule is CC(C)(C)c1ccc(C(COC(=O)c2ccccc2)COC(=O)c2ccccc2)cc1. The molecule has 4 nitrogen and oxygen atoms in total. The molecule has 0 amide bonds. The van der Waals surface area contributed by atoms with Gasteiger partial charge in [0.05, 0.1) is 17.0 Å². The first kappa shape index (κ1) is 22.3. The number of hydrogen-bond donors (Lipinski definition) is 0. The van der Waals surface area contributed by atoms with Crippen LogP contribution in [-0.4, -0.2) is 25.2 Å². The fourth-order valence-electron chi connectivity index (χ4n) is 3.16. The molecule has 31 heavy (non-hydrogen) atoms. The first-order valence-corrected chi connectivity index (χ1v) is 10.4. The smallest absolute Gasteiger partial charge is 0.338 e. The number of hydrogen-bond acceptors (Lipinski definition) is 4. The lowest BCUT2D eigenvalue weighted by atomic mass is 9.85. The van der Waals surface area contributed by atoms with Gasteiger partial charge in [-0.05, 0) is 40.8 Å². The van der Waals surface area contributed by atoms with Gasteiger partial charge in [0.1, 0.15) is 13.2 Å². The molecule has 3 aromatic carbocycles. The highest BCUT2D eigenvalue weighted by atomic mass is 16.5. The second-order valence-electron chi connectivity index (χ2n) is 8.50. The van der Waals surface area contributed by atoms with E-state index in [0.29, 0.717) is 11.1 Å². The van der Waals surface area contributed by atoms with Gasteiger partial charge >= 0.3 is 11.9 Å². The van der Waals surface area contributed by atoms with E-state index in [0.717, 1.165) is 5.56 Å². The molecule has 0 saturated carbocycles. The molecule has 0 radical (unpaired) electrons. The highest BCUT2D eigenvalue weighted by Crippen LogP contribution is 2.25. The molecule has 0 fully saturated rings. The first-order valence-electron chi connectivity index (χ1n) is 10.4. The number of carbonyl (C=O) groups is 2. The van der Waals surface area contributed by atoms with Crippen LogP contribution in [0.5, 0.6) is 0 Å². The summed E-state index contributed by atoms with van der Waals surface area (Å²) in [7, 11) is 0. The summed E-state index contributed by atoms with van der Waals surface area (Å²) in [6, 6.07) is 25.9. The molecule has 0 bridgehead atoms. The molecule has 0 aromatic heterocycles. The topological polar surface area (TPSA) is 52.6 Å². The Morgan fingerprint density at radius 3 is 1.48 bits per heavy atom. The maximum Gasteiger partial charge on any atom is 0.338 e. The van der Waals surface area contributed by atoms with E-state index in [1.54, 1.807) is 48.5 Å². The van der Waals surface area contributed by atoms with Crippen molar-refractivity contribution in [2.45, 2.75) is 32.1 Å². The van der Waals surface area contributed by atoms with Crippen LogP contribution in [0, 0.1) is 0 Å². The van der Waals surface area contributed by atoms with Crippen molar-refractivity contribution in [1.82, 2.24) is 0 Å². The van der Waals surface area contributed by atoms with Crippen molar-refractivity contribution in [3.05, 3.63) is 107 Å². The summed E-state index contributed by atoms with van der Waals surface area (Å²) in [6.07, 6.45) is 0. The van der Waals surface area contributed by atoms with Crippen molar-refractivity contribution in [2.24, 2.45) is 0 Å². The minimum atomic E-state index is -0.397. The van der Waals surface area contributed by atoms with Crippen LogP contribution in [0.15, 0.2) is 84.9 Å². The zero-order valence-corrected chi connectivity index (χ0v) is 18.2. The van der Waals surface area contributed by atoms with Crippen molar-refractivity contribution < 1.29 is 19.1 Å². The van der Waals surface area contributed by atoms with Crippen molar-refractivity contribution in [3.63, 3.8) is 0 Å². The Morgan fingerprint density at radius 1 is 0.677 bits per heavy atom. The maximum absolute atomic E-state index is 12.4. The molecular formula is C27H28O4. The van der Waals surface area contributed by atoms with E-state index in [2.05, 4.69) is 32.9 Å². The summed E-state index contributed by atoms with van der Waals surface area (Å²) >= 11 is 0. The average Bonchev–Trinajstić information content (AvgIpc) is 2.79. The third-order valence-electron chi connectivity index (χ3n) is 5.10. The minimum absolute atomic E-state index is 0.0353. The standard InChI is InChI=1S/C27H28O4/c1-27(2,3)24-16-14-20(15-17-24)23(18-30-25(28)21-10-6-4-7-11-21)19-31-26(29)22-12-8-5-9-13-22/h4-17,23H,18-19H2,1-3H3. The predicted molar refractivity (Wildman–Crippen MR) is 121 cm³/mol. The molecule has 0 aliphatic rings. The molecule has 0 saturated heterocycles. The lowest BCUT2D eigenvalue weighted by molar-refractivity contribution is 0.0347. The van der Waals surface area contributed by atoms with Crippen LogP contribution >= 0.6 is 0 Å². The van der Waals surface area contributed by atoms with E-state index in [1.165, 1.54) is 5.56 Å². The third-order valence-corrected chi connectivity index (χ3v) is 5.10. The number of carbonyl (C=O) groups excluding carboxylic acids is 2. The predicted octanol–water partition coefficient (Wildman–Crippen LogP) is 5.78. The van der Waals surface area contributed by atoms with Gasteiger partial charge in [0.25, 0.3) is 0 Å². The number of esters is 2. The molecule has 3 rings (SSSR count). The van der Waals surface area contributed by atoms with Crippen LogP contribution in [-0.2, 0) is 14.9 Å². The second kappa shape index (κ2) is 10.1. The monoisotopic (exact) mass is 416 g/mol. The summed E-state index contributed by atoms with van der Waals surface area (Å²) in [5.41, 5.74) is 3.18. The Labute approximate surface area is 183 Å². The lowest BCUT2D eigenvalue weighted by Crippen LogP contribution is -2.20. The van der Waals surface area contributed by atoms with Gasteiger partial charge in [0.2, 0.25) is 0 Å². The lowest BCUT2D eigenvalue weighted by Gasteiger charge is -2.22. The van der Waals surface area contributed by atoms with Gasteiger partial charge in [-0.1, -0.05) is 81.4 Å². The summed E-state index contributed by atoms with van der Waals surface area (Å²) in [4.78, 5) is 24.8. The van der Waals surface area contributed by atoms with Gasteiger partial charge in [-0.3, -0.25) is 0 Å². The molecule has 0 aliphatic heterocycles. The number of rotatable bonds is 7. The highest BCUT2D eigenvalue weighted by Gasteiger charge is 2.20. The van der Waals surface area contributed by atoms with Crippen molar-refractivity contribution >= 4 is 11.9 Å². The quantitative estimate of drug-likeness (QED) is 0.458. The van der Waals surface area contributed by atoms with Gasteiger partial charge in [-0.2, -0.15) is 0 Å². The molecule has 0 heterocycles. The summed E-state index contributed by atoms with van der Waals surface area (Å²) in [6.45, 7) is 6.70. The fraction of sp³-hybridized carbons (Fsp3) is 0.259. The minimum Gasteiger partial charge on any atom is -0.461 e. The van der Waals surface area contributed by atoms with Gasteiger partial charge in [-0.25, -0.2) is 9.59 Å². The molecule has 160 valence electrons. The van der Waals surface area contributed by atoms with Crippen LogP contribution in [0.25, 0.3) is 0 Å². The molecule has 3 aromatic rings. The Morgan fingerprint density at radius 2 is 1.10 bits per heavy atom. The molecule has 0 atom stereocenters. The Bertz CT molecular complexity index is 931. The van der Waals surface area contributed by atoms with Gasteiger partial charge in [-0.15, -0.1) is 0 Å². The third kappa shape index (κ3) is 6.29. The van der Waals surface area contributed by atoms with Crippen molar-refractivity contribution in [1.29, 1.82) is 0 Å². The van der Waals surface area contributed by atoms with Crippen LogP contribution in [0.2, 0.25) is 0 Å². The van der Waals surface area contributed by atoms with Crippen LogP contribution < -0.4 is 0 Å². The van der Waals surface area contributed by atoms with Gasteiger partial charge in [0, 0.05) is 0 Å². The zero-order valence-electron chi connectivity index (χ0n) is 18.2. The van der Waals surface area contributed by atoms with Crippen LogP contribution in [0.1, 0.15) is 58.5 Å². The van der Waals surface area contributed by atoms with Crippen LogP contribution in [0.4, 0.5) is 0 Å². The average molecular weight is 417 g/mol. The van der Waals surface area contributed by atoms with E-state index >= 15 is 0 Å². The normalized spacial score (nSPS) is 11.2. The van der Waals surface area contributed by atoms with E-state index < -0.39 is 11.9 Å². The first-order chi connectivity index (χ1) is 14.8. The van der Waals surface area contributed by atoms with Crippen molar-refractivity contribution in [3.8, 4) is 0 Å². The van der Waals surface area contributed by atoms with E-state index in [1.807, 2.05) is 24.3 Å². The molecule has 0 N–H and O–H groups in total. The second-order valence-corrected chi connectivity index (χ2v) is 8.50. The fourth-order valence-corrected chi connectivity index (χ4v) is 3.16. The molecule has 0 aliphatic carbocycles. The number of benzene rings is 3. The van der Waals surface area contributed by atoms with E-state index in [4.69, 9.17) is 9.47 Å². The largest absolute Gasteiger partial charge is 0.461 e. The summed E-state index contributed by atoms with van der Waals surface area (Å²) < 4.78 is 11.1. The van der Waals surface area contributed by atoms with Crippen molar-refractivity contribution in [2.75, 3.05) is 13.2 Å².